The topological polar surface area (TPSA) is 58.2 Å². The van der Waals surface area contributed by atoms with Gasteiger partial charge in [0, 0.05) is 17.8 Å². The lowest BCUT2D eigenvalue weighted by molar-refractivity contribution is 0.0955. The van der Waals surface area contributed by atoms with E-state index in [-0.39, 0.29) is 11.8 Å². The first-order valence-electron chi connectivity index (χ1n) is 6.56. The van der Waals surface area contributed by atoms with Crippen molar-refractivity contribution in [3.05, 3.63) is 64.7 Å². The van der Waals surface area contributed by atoms with Gasteiger partial charge in [0.05, 0.1) is 10.6 Å². The fraction of sp³-hybridized carbons (Fsp3) is 0.125. The van der Waals surface area contributed by atoms with Crippen LogP contribution in [0.3, 0.4) is 0 Å². The Bertz CT molecular complexity index is 654. The highest BCUT2D eigenvalue weighted by Gasteiger charge is 2.10. The van der Waals surface area contributed by atoms with Gasteiger partial charge in [-0.2, -0.15) is 0 Å². The molecule has 0 saturated carbocycles. The van der Waals surface area contributed by atoms with Crippen LogP contribution in [0.15, 0.2) is 48.5 Å². The van der Waals surface area contributed by atoms with Crippen molar-refractivity contribution in [1.82, 2.24) is 5.32 Å². The Kier molecular flexibility index (Phi) is 4.95. The Balaban J connectivity index is 2.09. The summed E-state index contributed by atoms with van der Waals surface area (Å²) >= 11 is 5.97. The molecule has 0 aliphatic rings. The molecule has 0 fully saturated rings. The Morgan fingerprint density at radius 2 is 1.67 bits per heavy atom. The molecule has 0 heterocycles. The maximum absolute atomic E-state index is 12.1. The maximum Gasteiger partial charge on any atom is 0.257 e. The Hall–Kier alpha value is -2.33. The van der Waals surface area contributed by atoms with Crippen LogP contribution in [0.4, 0.5) is 5.69 Å². The summed E-state index contributed by atoms with van der Waals surface area (Å²) in [6.07, 6.45) is 0. The van der Waals surface area contributed by atoms with Crippen molar-refractivity contribution in [3.63, 3.8) is 0 Å². The van der Waals surface area contributed by atoms with Crippen molar-refractivity contribution in [1.29, 1.82) is 0 Å². The summed E-state index contributed by atoms with van der Waals surface area (Å²) in [5, 5.41) is 5.85. The Morgan fingerprint density at radius 3 is 2.29 bits per heavy atom. The highest BCUT2D eigenvalue weighted by molar-refractivity contribution is 6.34. The monoisotopic (exact) mass is 302 g/mol. The molecule has 2 aromatic rings. The number of hydrogen-bond acceptors (Lipinski definition) is 2. The third-order valence-electron chi connectivity index (χ3n) is 2.86. The SMILES string of the molecule is CCNC(=O)c1ccc(NC(=O)c2ccccc2Cl)cc1. The van der Waals surface area contributed by atoms with Gasteiger partial charge in [0.2, 0.25) is 0 Å². The number of rotatable bonds is 4. The molecule has 4 nitrogen and oxygen atoms in total. The van der Waals surface area contributed by atoms with Crippen molar-refractivity contribution in [2.75, 3.05) is 11.9 Å². The highest BCUT2D eigenvalue weighted by atomic mass is 35.5. The molecule has 5 heteroatoms. The maximum atomic E-state index is 12.1. The molecule has 0 atom stereocenters. The quantitative estimate of drug-likeness (QED) is 0.910. The molecule has 108 valence electrons. The van der Waals surface area contributed by atoms with Gasteiger partial charge in [-0.15, -0.1) is 0 Å². The van der Waals surface area contributed by atoms with Gasteiger partial charge in [-0.05, 0) is 43.3 Å². The lowest BCUT2D eigenvalue weighted by atomic mass is 10.1. The zero-order chi connectivity index (χ0) is 15.2. The molecule has 0 aliphatic carbocycles. The molecule has 0 spiro atoms. The second-order valence-electron chi connectivity index (χ2n) is 4.37. The van der Waals surface area contributed by atoms with Gasteiger partial charge in [-0.1, -0.05) is 23.7 Å². The summed E-state index contributed by atoms with van der Waals surface area (Å²) in [6.45, 7) is 2.43. The summed E-state index contributed by atoms with van der Waals surface area (Å²) in [5.41, 5.74) is 1.56. The second kappa shape index (κ2) is 6.90. The van der Waals surface area contributed by atoms with Crippen LogP contribution in [-0.2, 0) is 0 Å². The van der Waals surface area contributed by atoms with Crippen LogP contribution < -0.4 is 10.6 Å². The third-order valence-corrected chi connectivity index (χ3v) is 3.19. The fourth-order valence-electron chi connectivity index (χ4n) is 1.81. The molecule has 0 bridgehead atoms. The molecule has 0 aromatic heterocycles. The number of nitrogens with one attached hydrogen (secondary N) is 2. The standard InChI is InChI=1S/C16H15ClN2O2/c1-2-18-15(20)11-7-9-12(10-8-11)19-16(21)13-5-3-4-6-14(13)17/h3-10H,2H2,1H3,(H,18,20)(H,19,21). The lowest BCUT2D eigenvalue weighted by Gasteiger charge is -2.07. The molecule has 21 heavy (non-hydrogen) atoms. The van der Waals surface area contributed by atoms with E-state index in [4.69, 9.17) is 11.6 Å². The molecule has 2 amide bonds. The van der Waals surface area contributed by atoms with Crippen LogP contribution in [0, 0.1) is 0 Å². The number of anilines is 1. The van der Waals surface area contributed by atoms with Crippen molar-refractivity contribution < 1.29 is 9.59 Å². The average Bonchev–Trinajstić information content (AvgIpc) is 2.48. The van der Waals surface area contributed by atoms with Crippen LogP contribution in [0.1, 0.15) is 27.6 Å². The van der Waals surface area contributed by atoms with E-state index in [1.54, 1.807) is 48.5 Å². The molecular weight excluding hydrogens is 288 g/mol. The minimum atomic E-state index is -0.286. The van der Waals surface area contributed by atoms with Gasteiger partial charge in [0.1, 0.15) is 0 Å². The molecular formula is C16H15ClN2O2. The summed E-state index contributed by atoms with van der Waals surface area (Å²) in [6, 6.07) is 13.5. The van der Waals surface area contributed by atoms with E-state index in [0.29, 0.717) is 28.4 Å². The van der Waals surface area contributed by atoms with Crippen molar-refractivity contribution in [2.45, 2.75) is 6.92 Å². The first-order valence-corrected chi connectivity index (χ1v) is 6.93. The van der Waals surface area contributed by atoms with Crippen LogP contribution in [0.5, 0.6) is 0 Å². The zero-order valence-electron chi connectivity index (χ0n) is 11.5. The number of halogens is 1. The predicted octanol–water partition coefficient (Wildman–Crippen LogP) is 3.34. The number of hydrogen-bond donors (Lipinski definition) is 2. The molecule has 0 radical (unpaired) electrons. The van der Waals surface area contributed by atoms with E-state index in [9.17, 15) is 9.59 Å². The largest absolute Gasteiger partial charge is 0.352 e. The zero-order valence-corrected chi connectivity index (χ0v) is 12.3. The third kappa shape index (κ3) is 3.83. The first kappa shape index (κ1) is 15.1. The first-order chi connectivity index (χ1) is 10.1. The minimum Gasteiger partial charge on any atom is -0.352 e. The fourth-order valence-corrected chi connectivity index (χ4v) is 2.03. The van der Waals surface area contributed by atoms with E-state index in [1.165, 1.54) is 0 Å². The summed E-state index contributed by atoms with van der Waals surface area (Å²) < 4.78 is 0. The number of benzene rings is 2. The van der Waals surface area contributed by atoms with Crippen molar-refractivity contribution >= 4 is 29.1 Å². The van der Waals surface area contributed by atoms with Crippen LogP contribution in [0.2, 0.25) is 5.02 Å². The van der Waals surface area contributed by atoms with Crippen LogP contribution in [-0.4, -0.2) is 18.4 Å². The minimum absolute atomic E-state index is 0.138. The highest BCUT2D eigenvalue weighted by Crippen LogP contribution is 2.17. The van der Waals surface area contributed by atoms with Gasteiger partial charge in [0.25, 0.3) is 11.8 Å². The molecule has 2 N–H and O–H groups in total. The molecule has 0 aliphatic heterocycles. The summed E-state index contributed by atoms with van der Waals surface area (Å²) in [5.74, 6) is -0.423. The number of amides is 2. The van der Waals surface area contributed by atoms with Crippen LogP contribution in [0.25, 0.3) is 0 Å². The number of carbonyl (C=O) groups excluding carboxylic acids is 2. The number of carbonyl (C=O) groups is 2. The molecule has 0 unspecified atom stereocenters. The van der Waals surface area contributed by atoms with E-state index in [0.717, 1.165) is 0 Å². The van der Waals surface area contributed by atoms with Gasteiger partial charge < -0.3 is 10.6 Å². The van der Waals surface area contributed by atoms with Gasteiger partial charge in [0.15, 0.2) is 0 Å². The van der Waals surface area contributed by atoms with E-state index >= 15 is 0 Å². The normalized spacial score (nSPS) is 10.0. The van der Waals surface area contributed by atoms with Gasteiger partial charge >= 0.3 is 0 Å². The van der Waals surface area contributed by atoms with E-state index in [2.05, 4.69) is 10.6 Å². The molecule has 2 rings (SSSR count). The Labute approximate surface area is 128 Å². The second-order valence-corrected chi connectivity index (χ2v) is 4.78. The van der Waals surface area contributed by atoms with Gasteiger partial charge in [-0.3, -0.25) is 9.59 Å². The summed E-state index contributed by atoms with van der Waals surface area (Å²) in [7, 11) is 0. The van der Waals surface area contributed by atoms with E-state index < -0.39 is 0 Å². The van der Waals surface area contributed by atoms with Gasteiger partial charge in [-0.25, -0.2) is 0 Å². The van der Waals surface area contributed by atoms with Crippen LogP contribution >= 0.6 is 11.6 Å². The average molecular weight is 303 g/mol. The molecule has 2 aromatic carbocycles. The van der Waals surface area contributed by atoms with Crippen molar-refractivity contribution in [2.24, 2.45) is 0 Å². The van der Waals surface area contributed by atoms with Crippen molar-refractivity contribution in [3.8, 4) is 0 Å². The Morgan fingerprint density at radius 1 is 1.00 bits per heavy atom. The predicted molar refractivity (Wildman–Crippen MR) is 83.9 cm³/mol. The van der Waals surface area contributed by atoms with E-state index in [1.807, 2.05) is 6.92 Å². The smallest absolute Gasteiger partial charge is 0.257 e. The lowest BCUT2D eigenvalue weighted by Crippen LogP contribution is -2.22. The molecule has 0 saturated heterocycles. The summed E-state index contributed by atoms with van der Waals surface area (Å²) in [4.78, 5) is 23.7.